The second-order valence-electron chi connectivity index (χ2n) is 6.61. The van der Waals surface area contributed by atoms with Gasteiger partial charge in [0, 0.05) is 45.0 Å². The lowest BCUT2D eigenvalue weighted by Crippen LogP contribution is -2.19. The molecular formula is C23H18N3O3S-. The highest BCUT2D eigenvalue weighted by atomic mass is 32.1. The number of pyridine rings is 1. The van der Waals surface area contributed by atoms with Crippen molar-refractivity contribution in [1.29, 1.82) is 0 Å². The van der Waals surface area contributed by atoms with E-state index in [9.17, 15) is 14.7 Å². The Morgan fingerprint density at radius 2 is 1.83 bits per heavy atom. The van der Waals surface area contributed by atoms with Crippen LogP contribution in [0.15, 0.2) is 71.0 Å². The molecule has 0 saturated heterocycles. The number of hydrogen-bond donors (Lipinski definition) is 2. The molecule has 0 aliphatic carbocycles. The van der Waals surface area contributed by atoms with Crippen molar-refractivity contribution >= 4 is 39.1 Å². The average Bonchev–Trinajstić information content (AvgIpc) is 3.45. The Morgan fingerprint density at radius 1 is 1.07 bits per heavy atom. The van der Waals surface area contributed by atoms with Crippen LogP contribution in [0.5, 0.6) is 0 Å². The Morgan fingerprint density at radius 3 is 2.57 bits per heavy atom. The highest BCUT2D eigenvalue weighted by Gasteiger charge is 2.10. The number of carboxylic acid groups (broad SMARTS) is 1. The van der Waals surface area contributed by atoms with E-state index in [-0.39, 0.29) is 12.0 Å². The summed E-state index contributed by atoms with van der Waals surface area (Å²) in [5.41, 5.74) is 4.45. The Kier molecular flexibility index (Phi) is 5.45. The number of aromatic nitrogens is 3. The first-order valence-electron chi connectivity index (χ1n) is 9.41. The second-order valence-corrected chi connectivity index (χ2v) is 7.47. The van der Waals surface area contributed by atoms with Gasteiger partial charge in [-0.25, -0.2) is 4.98 Å². The molecule has 3 aromatic heterocycles. The summed E-state index contributed by atoms with van der Waals surface area (Å²) in [6, 6.07) is 18.1. The first-order chi connectivity index (χ1) is 14.6. The maximum absolute atomic E-state index is 12.1. The Balaban J connectivity index is 0.000000393. The number of fused-ring (bicyclic) bond motifs is 3. The average molecular weight is 416 g/mol. The summed E-state index contributed by atoms with van der Waals surface area (Å²) in [7, 11) is 0. The van der Waals surface area contributed by atoms with Crippen molar-refractivity contribution in [3.63, 3.8) is 0 Å². The van der Waals surface area contributed by atoms with E-state index in [1.54, 1.807) is 17.5 Å². The van der Waals surface area contributed by atoms with Crippen molar-refractivity contribution in [2.45, 2.75) is 13.3 Å². The minimum Gasteiger partial charge on any atom is -0.550 e. The topological polar surface area (TPSA) is 102 Å². The molecule has 5 rings (SSSR count). The van der Waals surface area contributed by atoms with Crippen LogP contribution in [-0.4, -0.2) is 20.9 Å². The number of benzene rings is 2. The molecule has 2 N–H and O–H groups in total. The van der Waals surface area contributed by atoms with Crippen LogP contribution in [0.25, 0.3) is 43.6 Å². The minimum absolute atomic E-state index is 0.0970. The number of H-pyrrole nitrogens is 2. The van der Waals surface area contributed by atoms with E-state index < -0.39 is 5.97 Å². The summed E-state index contributed by atoms with van der Waals surface area (Å²) in [5, 5.41) is 14.3. The summed E-state index contributed by atoms with van der Waals surface area (Å²) >= 11 is 1.64. The van der Waals surface area contributed by atoms with Crippen molar-refractivity contribution < 1.29 is 9.90 Å². The largest absolute Gasteiger partial charge is 0.550 e. The van der Waals surface area contributed by atoms with Crippen LogP contribution in [0.1, 0.15) is 13.3 Å². The summed E-state index contributed by atoms with van der Waals surface area (Å²) in [5.74, 6) is -0.995. The van der Waals surface area contributed by atoms with Crippen LogP contribution in [0.2, 0.25) is 0 Å². The number of rotatable bonds is 3. The maximum Gasteiger partial charge on any atom is 0.272 e. The number of thiazole rings is 1. The standard InChI is InChI=1S/C20H13N3OS.C3H6O2/c24-19-18-14(8-9-21-18)15-10-13(6-7-16(15)22-19)17-11-25-20(23-17)12-4-2-1-3-5-12;1-2-3(4)5/h1-11,21H,(H,22,24);2H2,1H3,(H,4,5)/p-1. The molecule has 0 unspecified atom stereocenters. The van der Waals surface area contributed by atoms with Gasteiger partial charge in [-0.15, -0.1) is 11.3 Å². The third-order valence-electron chi connectivity index (χ3n) is 4.64. The fourth-order valence-corrected chi connectivity index (χ4v) is 3.96. The monoisotopic (exact) mass is 416 g/mol. The molecule has 0 aliphatic heterocycles. The van der Waals surface area contributed by atoms with Gasteiger partial charge in [-0.1, -0.05) is 43.3 Å². The SMILES string of the molecule is CCC(=O)[O-].O=c1[nH]c2ccc(-c3csc(-c4ccccc4)n3)cc2c2cc[nH]c12. The number of nitrogens with one attached hydrogen (secondary N) is 2. The maximum atomic E-state index is 12.1. The Hall–Kier alpha value is -3.71. The van der Waals surface area contributed by atoms with Gasteiger partial charge in [0.1, 0.15) is 10.5 Å². The molecule has 0 saturated carbocycles. The molecule has 6 nitrogen and oxygen atoms in total. The number of carbonyl (C=O) groups excluding carboxylic acids is 1. The van der Waals surface area contributed by atoms with Gasteiger partial charge in [0.25, 0.3) is 5.56 Å². The van der Waals surface area contributed by atoms with Gasteiger partial charge in [0.05, 0.1) is 5.69 Å². The predicted octanol–water partition coefficient (Wildman–Crippen LogP) is 3.95. The van der Waals surface area contributed by atoms with Crippen molar-refractivity contribution in [3.8, 4) is 21.8 Å². The summed E-state index contributed by atoms with van der Waals surface area (Å²) in [4.78, 5) is 32.0. The van der Waals surface area contributed by atoms with Crippen molar-refractivity contribution in [2.75, 3.05) is 0 Å². The smallest absolute Gasteiger partial charge is 0.272 e. The fourth-order valence-electron chi connectivity index (χ4n) is 3.12. The highest BCUT2D eigenvalue weighted by Crippen LogP contribution is 2.31. The van der Waals surface area contributed by atoms with E-state index in [2.05, 4.69) is 33.5 Å². The van der Waals surface area contributed by atoms with Crippen LogP contribution in [0.3, 0.4) is 0 Å². The van der Waals surface area contributed by atoms with Gasteiger partial charge in [-0.2, -0.15) is 0 Å². The minimum atomic E-state index is -0.995. The quantitative estimate of drug-likeness (QED) is 0.465. The molecule has 0 spiro atoms. The third-order valence-corrected chi connectivity index (χ3v) is 5.53. The zero-order valence-electron chi connectivity index (χ0n) is 16.1. The fraction of sp³-hybridized carbons (Fsp3) is 0.0870. The normalized spacial score (nSPS) is 10.7. The van der Waals surface area contributed by atoms with Crippen LogP contribution in [0.4, 0.5) is 0 Å². The molecular weight excluding hydrogens is 398 g/mol. The van der Waals surface area contributed by atoms with Gasteiger partial charge in [-0.3, -0.25) is 4.79 Å². The molecule has 0 aliphatic rings. The van der Waals surface area contributed by atoms with Crippen LogP contribution in [-0.2, 0) is 4.79 Å². The molecule has 0 amide bonds. The first kappa shape index (κ1) is 19.6. The number of carbonyl (C=O) groups is 1. The number of aromatic amines is 2. The van der Waals surface area contributed by atoms with E-state index in [1.165, 1.54) is 6.92 Å². The van der Waals surface area contributed by atoms with Gasteiger partial charge >= 0.3 is 0 Å². The molecule has 7 heteroatoms. The molecule has 0 fully saturated rings. The van der Waals surface area contributed by atoms with E-state index in [4.69, 9.17) is 4.98 Å². The summed E-state index contributed by atoms with van der Waals surface area (Å²) in [6.07, 6.45) is 1.91. The van der Waals surface area contributed by atoms with E-state index in [1.807, 2.05) is 36.4 Å². The molecule has 150 valence electrons. The first-order valence-corrected chi connectivity index (χ1v) is 10.3. The summed E-state index contributed by atoms with van der Waals surface area (Å²) < 4.78 is 0. The van der Waals surface area contributed by atoms with E-state index >= 15 is 0 Å². The molecule has 0 atom stereocenters. The Bertz CT molecular complexity index is 1380. The van der Waals surface area contributed by atoms with E-state index in [0.717, 1.165) is 38.1 Å². The number of carboxylic acids is 1. The molecule has 3 heterocycles. The van der Waals surface area contributed by atoms with Gasteiger partial charge in [0.15, 0.2) is 0 Å². The van der Waals surface area contributed by atoms with Crippen LogP contribution in [0, 0.1) is 0 Å². The molecule has 0 bridgehead atoms. The molecule has 0 radical (unpaired) electrons. The number of hydrogen-bond acceptors (Lipinski definition) is 5. The zero-order valence-corrected chi connectivity index (χ0v) is 17.0. The lowest BCUT2D eigenvalue weighted by molar-refractivity contribution is -0.305. The number of aliphatic carboxylic acids is 1. The second kappa shape index (κ2) is 8.34. The van der Waals surface area contributed by atoms with Gasteiger partial charge in [-0.05, 0) is 24.6 Å². The summed E-state index contributed by atoms with van der Waals surface area (Å²) in [6.45, 7) is 1.54. The van der Waals surface area contributed by atoms with Crippen LogP contribution >= 0.6 is 11.3 Å². The van der Waals surface area contributed by atoms with Crippen molar-refractivity contribution in [2.24, 2.45) is 0 Å². The number of nitrogens with zero attached hydrogens (tertiary/aromatic N) is 1. The van der Waals surface area contributed by atoms with Crippen molar-refractivity contribution in [3.05, 3.63) is 76.5 Å². The van der Waals surface area contributed by atoms with E-state index in [0.29, 0.717) is 5.52 Å². The van der Waals surface area contributed by atoms with Gasteiger partial charge in [0.2, 0.25) is 0 Å². The Labute approximate surface area is 175 Å². The molecule has 30 heavy (non-hydrogen) atoms. The predicted molar refractivity (Wildman–Crippen MR) is 118 cm³/mol. The molecule has 5 aromatic rings. The van der Waals surface area contributed by atoms with Crippen LogP contribution < -0.4 is 10.7 Å². The van der Waals surface area contributed by atoms with Crippen molar-refractivity contribution in [1.82, 2.24) is 15.0 Å². The molecule has 2 aromatic carbocycles. The lowest BCUT2D eigenvalue weighted by atomic mass is 10.1. The highest BCUT2D eigenvalue weighted by molar-refractivity contribution is 7.13. The lowest BCUT2D eigenvalue weighted by Gasteiger charge is -2.03. The van der Waals surface area contributed by atoms with Gasteiger partial charge < -0.3 is 19.9 Å². The zero-order chi connectivity index (χ0) is 21.1. The third kappa shape index (κ3) is 3.88.